The van der Waals surface area contributed by atoms with E-state index in [0.29, 0.717) is 25.6 Å². The van der Waals surface area contributed by atoms with Crippen LogP contribution in [0.5, 0.6) is 0 Å². The predicted octanol–water partition coefficient (Wildman–Crippen LogP) is 0.956. The van der Waals surface area contributed by atoms with Crippen molar-refractivity contribution in [3.05, 3.63) is 30.1 Å². The largest absolute Gasteiger partial charge is 0.344 e. The number of rotatable bonds is 2. The van der Waals surface area contributed by atoms with Gasteiger partial charge in [-0.3, -0.25) is 14.6 Å². The summed E-state index contributed by atoms with van der Waals surface area (Å²) in [5, 5.41) is 2.64. The Labute approximate surface area is 113 Å². The van der Waals surface area contributed by atoms with Crippen LogP contribution < -0.4 is 5.32 Å². The number of amides is 2. The molecule has 0 saturated carbocycles. The number of aromatic nitrogens is 1. The Morgan fingerprint density at radius 1 is 1.42 bits per heavy atom. The second-order valence-electron chi connectivity index (χ2n) is 5.02. The van der Waals surface area contributed by atoms with E-state index in [1.807, 2.05) is 6.07 Å². The molecule has 2 rings (SSSR count). The first-order valence-corrected chi connectivity index (χ1v) is 6.63. The van der Waals surface area contributed by atoms with E-state index in [4.69, 9.17) is 0 Å². The van der Waals surface area contributed by atoms with Crippen LogP contribution in [0.15, 0.2) is 24.5 Å². The summed E-state index contributed by atoms with van der Waals surface area (Å²) in [5.74, 6) is -0.309. The Morgan fingerprint density at radius 3 is 2.79 bits per heavy atom. The van der Waals surface area contributed by atoms with Crippen LogP contribution in [0.2, 0.25) is 0 Å². The molecule has 2 heterocycles. The summed E-state index contributed by atoms with van der Waals surface area (Å²) >= 11 is 0. The van der Waals surface area contributed by atoms with Gasteiger partial charge in [-0.25, -0.2) is 0 Å². The fraction of sp³-hybridized carbons (Fsp3) is 0.500. The van der Waals surface area contributed by atoms with Crippen molar-refractivity contribution in [2.45, 2.75) is 26.3 Å². The van der Waals surface area contributed by atoms with E-state index in [9.17, 15) is 9.59 Å². The molecule has 1 fully saturated rings. The standard InChI is InChI=1S/C14H19N3O2/c1-11-4-7-17(8-5-11)14(19)13(18)16-10-12-3-2-6-15-9-12/h2-3,6,9,11H,4-5,7-8,10H2,1H3,(H,16,18). The van der Waals surface area contributed by atoms with Crippen molar-refractivity contribution in [1.82, 2.24) is 15.2 Å². The van der Waals surface area contributed by atoms with Crippen LogP contribution in [0.4, 0.5) is 0 Å². The van der Waals surface area contributed by atoms with Gasteiger partial charge in [-0.05, 0) is 30.4 Å². The smallest absolute Gasteiger partial charge is 0.311 e. The predicted molar refractivity (Wildman–Crippen MR) is 71.1 cm³/mol. The molecular formula is C14H19N3O2. The third-order valence-corrected chi connectivity index (χ3v) is 3.44. The summed E-state index contributed by atoms with van der Waals surface area (Å²) in [5.41, 5.74) is 0.885. The molecule has 5 nitrogen and oxygen atoms in total. The lowest BCUT2D eigenvalue weighted by Crippen LogP contribution is -2.46. The van der Waals surface area contributed by atoms with Crippen molar-refractivity contribution in [3.63, 3.8) is 0 Å². The van der Waals surface area contributed by atoms with Crippen LogP contribution in [0, 0.1) is 5.92 Å². The van der Waals surface area contributed by atoms with E-state index in [2.05, 4.69) is 17.2 Å². The van der Waals surface area contributed by atoms with Crippen molar-refractivity contribution in [2.75, 3.05) is 13.1 Å². The summed E-state index contributed by atoms with van der Waals surface area (Å²) in [6.07, 6.45) is 5.29. The van der Waals surface area contributed by atoms with Crippen LogP contribution in [-0.2, 0) is 16.1 Å². The number of nitrogens with one attached hydrogen (secondary N) is 1. The van der Waals surface area contributed by atoms with Crippen LogP contribution >= 0.6 is 0 Å². The van der Waals surface area contributed by atoms with Gasteiger partial charge in [0, 0.05) is 32.0 Å². The molecule has 0 aliphatic carbocycles. The lowest BCUT2D eigenvalue weighted by molar-refractivity contribution is -0.146. The highest BCUT2D eigenvalue weighted by atomic mass is 16.2. The van der Waals surface area contributed by atoms with E-state index < -0.39 is 11.8 Å². The first-order chi connectivity index (χ1) is 9.16. The van der Waals surface area contributed by atoms with Gasteiger partial charge in [-0.15, -0.1) is 0 Å². The van der Waals surface area contributed by atoms with Gasteiger partial charge in [-0.1, -0.05) is 13.0 Å². The molecule has 0 bridgehead atoms. The number of hydrogen-bond acceptors (Lipinski definition) is 3. The topological polar surface area (TPSA) is 62.3 Å². The van der Waals surface area contributed by atoms with E-state index in [-0.39, 0.29) is 0 Å². The van der Waals surface area contributed by atoms with Gasteiger partial charge < -0.3 is 10.2 Å². The van der Waals surface area contributed by atoms with Crippen molar-refractivity contribution in [1.29, 1.82) is 0 Å². The Morgan fingerprint density at radius 2 is 2.16 bits per heavy atom. The Balaban J connectivity index is 1.81. The van der Waals surface area contributed by atoms with Gasteiger partial charge in [0.25, 0.3) is 0 Å². The average molecular weight is 261 g/mol. The fourth-order valence-corrected chi connectivity index (χ4v) is 2.12. The third kappa shape index (κ3) is 3.77. The molecule has 0 spiro atoms. The lowest BCUT2D eigenvalue weighted by atomic mass is 9.99. The SMILES string of the molecule is CC1CCN(C(=O)C(=O)NCc2cccnc2)CC1. The molecule has 1 aromatic rings. The Bertz CT molecular complexity index is 439. The highest BCUT2D eigenvalue weighted by Crippen LogP contribution is 2.15. The van der Waals surface area contributed by atoms with Crippen molar-refractivity contribution in [3.8, 4) is 0 Å². The molecule has 19 heavy (non-hydrogen) atoms. The summed E-state index contributed by atoms with van der Waals surface area (Å²) in [4.78, 5) is 29.3. The average Bonchev–Trinajstić information content (AvgIpc) is 2.46. The minimum Gasteiger partial charge on any atom is -0.344 e. The van der Waals surface area contributed by atoms with E-state index >= 15 is 0 Å². The van der Waals surface area contributed by atoms with Crippen LogP contribution in [0.1, 0.15) is 25.3 Å². The number of piperidine rings is 1. The molecular weight excluding hydrogens is 242 g/mol. The Kier molecular flexibility index (Phi) is 4.49. The minimum absolute atomic E-state index is 0.336. The van der Waals surface area contributed by atoms with E-state index in [1.54, 1.807) is 23.4 Å². The Hall–Kier alpha value is -1.91. The minimum atomic E-state index is -0.529. The number of carbonyl (C=O) groups is 2. The summed E-state index contributed by atoms with van der Waals surface area (Å²) in [6, 6.07) is 3.66. The number of hydrogen-bond donors (Lipinski definition) is 1. The van der Waals surface area contributed by atoms with Gasteiger partial charge in [0.15, 0.2) is 0 Å². The number of nitrogens with zero attached hydrogens (tertiary/aromatic N) is 2. The normalized spacial score (nSPS) is 16.2. The van der Waals surface area contributed by atoms with Crippen LogP contribution in [0.3, 0.4) is 0 Å². The number of pyridine rings is 1. The van der Waals surface area contributed by atoms with Crippen LogP contribution in [0.25, 0.3) is 0 Å². The maximum atomic E-state index is 11.9. The zero-order valence-electron chi connectivity index (χ0n) is 11.1. The van der Waals surface area contributed by atoms with Gasteiger partial charge in [0.2, 0.25) is 0 Å². The third-order valence-electron chi connectivity index (χ3n) is 3.44. The summed E-state index contributed by atoms with van der Waals surface area (Å²) < 4.78 is 0. The lowest BCUT2D eigenvalue weighted by Gasteiger charge is -2.29. The molecule has 1 N–H and O–H groups in total. The molecule has 1 aliphatic heterocycles. The molecule has 1 aliphatic rings. The van der Waals surface area contributed by atoms with Gasteiger partial charge in [-0.2, -0.15) is 0 Å². The quantitative estimate of drug-likeness (QED) is 0.806. The zero-order chi connectivity index (χ0) is 13.7. The molecule has 1 saturated heterocycles. The molecule has 0 aromatic carbocycles. The first kappa shape index (κ1) is 13.5. The summed E-state index contributed by atoms with van der Waals surface area (Å²) in [7, 11) is 0. The second-order valence-corrected chi connectivity index (χ2v) is 5.02. The van der Waals surface area contributed by atoms with E-state index in [0.717, 1.165) is 18.4 Å². The van der Waals surface area contributed by atoms with Crippen LogP contribution in [-0.4, -0.2) is 34.8 Å². The molecule has 0 radical (unpaired) electrons. The van der Waals surface area contributed by atoms with Gasteiger partial charge in [0.1, 0.15) is 0 Å². The first-order valence-electron chi connectivity index (χ1n) is 6.63. The van der Waals surface area contributed by atoms with Crippen molar-refractivity contribution in [2.24, 2.45) is 5.92 Å². The maximum Gasteiger partial charge on any atom is 0.311 e. The molecule has 2 amide bonds. The second kappa shape index (κ2) is 6.31. The highest BCUT2D eigenvalue weighted by molar-refractivity contribution is 6.34. The monoisotopic (exact) mass is 261 g/mol. The summed E-state index contributed by atoms with van der Waals surface area (Å²) in [6.45, 7) is 3.87. The molecule has 5 heteroatoms. The molecule has 1 aromatic heterocycles. The maximum absolute atomic E-state index is 11.9. The van der Waals surface area contributed by atoms with Crippen molar-refractivity contribution >= 4 is 11.8 Å². The number of likely N-dealkylation sites (tertiary alicyclic amines) is 1. The molecule has 0 atom stereocenters. The van der Waals surface area contributed by atoms with Crippen molar-refractivity contribution < 1.29 is 9.59 Å². The zero-order valence-corrected chi connectivity index (χ0v) is 11.1. The van der Waals surface area contributed by atoms with Gasteiger partial charge in [0.05, 0.1) is 0 Å². The highest BCUT2D eigenvalue weighted by Gasteiger charge is 2.25. The molecule has 0 unspecified atom stereocenters. The fourth-order valence-electron chi connectivity index (χ4n) is 2.12. The van der Waals surface area contributed by atoms with E-state index in [1.165, 1.54) is 0 Å². The number of carbonyl (C=O) groups excluding carboxylic acids is 2. The molecule has 102 valence electrons. The van der Waals surface area contributed by atoms with Gasteiger partial charge >= 0.3 is 11.8 Å².